The summed E-state index contributed by atoms with van der Waals surface area (Å²) < 4.78 is 0.992. The molecule has 0 bridgehead atoms. The van der Waals surface area contributed by atoms with Crippen molar-refractivity contribution in [1.29, 1.82) is 0 Å². The number of carbonyl (C=O) groups is 1. The Hall–Kier alpha value is -1.88. The van der Waals surface area contributed by atoms with E-state index >= 15 is 0 Å². The molecule has 0 fully saturated rings. The molecule has 0 aliphatic rings. The van der Waals surface area contributed by atoms with E-state index < -0.39 is 5.97 Å². The third-order valence-corrected chi connectivity index (χ3v) is 4.07. The van der Waals surface area contributed by atoms with E-state index in [1.54, 1.807) is 12.1 Å². The van der Waals surface area contributed by atoms with Gasteiger partial charge in [0.2, 0.25) is 0 Å². The normalized spacial score (nSPS) is 10.7. The first-order valence-corrected chi connectivity index (χ1v) is 7.45. The summed E-state index contributed by atoms with van der Waals surface area (Å²) >= 11 is 3.48. The number of aromatic carboxylic acids is 1. The van der Waals surface area contributed by atoms with Gasteiger partial charge in [-0.05, 0) is 42.7 Å². The van der Waals surface area contributed by atoms with Crippen molar-refractivity contribution in [2.45, 2.75) is 26.7 Å². The van der Waals surface area contributed by atoms with Crippen LogP contribution in [0.2, 0.25) is 0 Å². The molecule has 0 saturated heterocycles. The number of nitrogens with one attached hydrogen (secondary N) is 1. The largest absolute Gasteiger partial charge is 0.478 e. The van der Waals surface area contributed by atoms with Crippen LogP contribution in [0.3, 0.4) is 0 Å². The zero-order valence-corrected chi connectivity index (χ0v) is 13.7. The number of anilines is 2. The minimum absolute atomic E-state index is 0.161. The van der Waals surface area contributed by atoms with Crippen LogP contribution in [0, 0.1) is 6.92 Å². The Labute approximate surface area is 132 Å². The molecule has 0 radical (unpaired) electrons. The van der Waals surface area contributed by atoms with Gasteiger partial charge in [-0.3, -0.25) is 0 Å². The molecular formula is C16H17BrN2O2. The second-order valence-corrected chi connectivity index (χ2v) is 6.02. The van der Waals surface area contributed by atoms with E-state index in [2.05, 4.69) is 26.2 Å². The highest BCUT2D eigenvalue weighted by Crippen LogP contribution is 2.27. The first-order valence-electron chi connectivity index (χ1n) is 6.66. The molecule has 21 heavy (non-hydrogen) atoms. The van der Waals surface area contributed by atoms with Gasteiger partial charge in [-0.25, -0.2) is 9.78 Å². The van der Waals surface area contributed by atoms with Crippen LogP contribution in [0.25, 0.3) is 0 Å². The third-order valence-electron chi connectivity index (χ3n) is 3.21. The van der Waals surface area contributed by atoms with Crippen molar-refractivity contribution in [3.05, 3.63) is 51.6 Å². The van der Waals surface area contributed by atoms with E-state index in [-0.39, 0.29) is 11.5 Å². The van der Waals surface area contributed by atoms with Gasteiger partial charge in [-0.15, -0.1) is 0 Å². The van der Waals surface area contributed by atoms with Crippen LogP contribution < -0.4 is 5.32 Å². The van der Waals surface area contributed by atoms with Crippen molar-refractivity contribution in [2.24, 2.45) is 0 Å². The van der Waals surface area contributed by atoms with Gasteiger partial charge in [0.1, 0.15) is 5.82 Å². The number of hydrogen-bond donors (Lipinski definition) is 2. The molecule has 1 aromatic carbocycles. The van der Waals surface area contributed by atoms with Crippen molar-refractivity contribution in [1.82, 2.24) is 4.98 Å². The standard InChI is InChI=1S/C16H17BrN2O2/c1-9(2)14-7-11(16(20)21)8-15(19-14)18-13-6-4-5-12(17)10(13)3/h4-9H,1-3H3,(H,18,19)(H,20,21). The lowest BCUT2D eigenvalue weighted by molar-refractivity contribution is 0.0696. The van der Waals surface area contributed by atoms with Gasteiger partial charge in [0.05, 0.1) is 5.56 Å². The maximum absolute atomic E-state index is 11.2. The lowest BCUT2D eigenvalue weighted by Crippen LogP contribution is -2.05. The Morgan fingerprint density at radius 2 is 2.05 bits per heavy atom. The van der Waals surface area contributed by atoms with Crippen molar-refractivity contribution in [3.8, 4) is 0 Å². The van der Waals surface area contributed by atoms with Crippen molar-refractivity contribution < 1.29 is 9.90 Å². The summed E-state index contributed by atoms with van der Waals surface area (Å²) in [6.45, 7) is 5.96. The summed E-state index contributed by atoms with van der Waals surface area (Å²) in [5.74, 6) is -0.249. The van der Waals surface area contributed by atoms with Crippen LogP contribution in [0.15, 0.2) is 34.8 Å². The molecule has 0 unspecified atom stereocenters. The van der Waals surface area contributed by atoms with Crippen molar-refractivity contribution in [3.63, 3.8) is 0 Å². The average molecular weight is 349 g/mol. The number of hydrogen-bond acceptors (Lipinski definition) is 3. The molecule has 1 aromatic heterocycles. The van der Waals surface area contributed by atoms with E-state index in [0.717, 1.165) is 21.4 Å². The highest BCUT2D eigenvalue weighted by atomic mass is 79.9. The SMILES string of the molecule is Cc1c(Br)cccc1Nc1cc(C(=O)O)cc(C(C)C)n1. The molecule has 1 heterocycles. The van der Waals surface area contributed by atoms with Crippen molar-refractivity contribution in [2.75, 3.05) is 5.32 Å². The zero-order valence-electron chi connectivity index (χ0n) is 12.1. The number of rotatable bonds is 4. The molecule has 2 aromatic rings. The number of benzene rings is 1. The molecule has 0 aliphatic heterocycles. The van der Waals surface area contributed by atoms with Crippen LogP contribution in [0.4, 0.5) is 11.5 Å². The summed E-state index contributed by atoms with van der Waals surface area (Å²) in [7, 11) is 0. The lowest BCUT2D eigenvalue weighted by atomic mass is 10.1. The van der Waals surface area contributed by atoms with Gasteiger partial charge < -0.3 is 10.4 Å². The van der Waals surface area contributed by atoms with E-state index in [0.29, 0.717) is 5.82 Å². The number of halogens is 1. The van der Waals surface area contributed by atoms with Gasteiger partial charge in [-0.2, -0.15) is 0 Å². The molecule has 4 nitrogen and oxygen atoms in total. The first-order chi connectivity index (χ1) is 9.88. The molecule has 2 N–H and O–H groups in total. The molecule has 0 spiro atoms. The minimum Gasteiger partial charge on any atom is -0.478 e. The number of aromatic nitrogens is 1. The Morgan fingerprint density at radius 1 is 1.33 bits per heavy atom. The van der Waals surface area contributed by atoms with E-state index in [9.17, 15) is 9.90 Å². The smallest absolute Gasteiger partial charge is 0.335 e. The molecule has 0 atom stereocenters. The zero-order chi connectivity index (χ0) is 15.6. The third kappa shape index (κ3) is 3.61. The predicted molar refractivity (Wildman–Crippen MR) is 87.4 cm³/mol. The lowest BCUT2D eigenvalue weighted by Gasteiger charge is -2.13. The Kier molecular flexibility index (Phi) is 4.63. The number of nitrogens with zero attached hydrogens (tertiary/aromatic N) is 1. The fourth-order valence-electron chi connectivity index (χ4n) is 1.92. The summed E-state index contributed by atoms with van der Waals surface area (Å²) in [4.78, 5) is 15.7. The first kappa shape index (κ1) is 15.5. The fraction of sp³-hybridized carbons (Fsp3) is 0.250. The second kappa shape index (κ2) is 6.26. The molecule has 0 saturated carbocycles. The maximum atomic E-state index is 11.2. The maximum Gasteiger partial charge on any atom is 0.335 e. The number of pyridine rings is 1. The highest BCUT2D eigenvalue weighted by Gasteiger charge is 2.12. The highest BCUT2D eigenvalue weighted by molar-refractivity contribution is 9.10. The van der Waals surface area contributed by atoms with E-state index in [4.69, 9.17) is 0 Å². The molecule has 110 valence electrons. The number of carboxylic acid groups (broad SMARTS) is 1. The minimum atomic E-state index is -0.951. The molecule has 5 heteroatoms. The predicted octanol–water partition coefficient (Wildman–Crippen LogP) is 4.72. The average Bonchev–Trinajstić information content (AvgIpc) is 2.43. The van der Waals surface area contributed by atoms with Gasteiger partial charge in [0.15, 0.2) is 0 Å². The van der Waals surface area contributed by atoms with Crippen LogP contribution in [0.1, 0.15) is 41.4 Å². The molecular weight excluding hydrogens is 332 g/mol. The van der Waals surface area contributed by atoms with Gasteiger partial charge in [0.25, 0.3) is 0 Å². The summed E-state index contributed by atoms with van der Waals surface area (Å²) in [6, 6.07) is 8.98. The molecule has 2 rings (SSSR count). The van der Waals surface area contributed by atoms with Crippen LogP contribution in [-0.2, 0) is 0 Å². The van der Waals surface area contributed by atoms with E-state index in [1.807, 2.05) is 39.0 Å². The fourth-order valence-corrected chi connectivity index (χ4v) is 2.28. The van der Waals surface area contributed by atoms with Gasteiger partial charge in [-0.1, -0.05) is 35.8 Å². The van der Waals surface area contributed by atoms with Crippen LogP contribution in [0.5, 0.6) is 0 Å². The van der Waals surface area contributed by atoms with Crippen LogP contribution >= 0.6 is 15.9 Å². The summed E-state index contributed by atoms with van der Waals surface area (Å²) in [5.41, 5.74) is 2.94. The Balaban J connectivity index is 2.43. The Morgan fingerprint density at radius 3 is 2.67 bits per heavy atom. The van der Waals surface area contributed by atoms with Crippen LogP contribution in [-0.4, -0.2) is 16.1 Å². The molecule has 0 aliphatic carbocycles. The quantitative estimate of drug-likeness (QED) is 0.839. The van der Waals surface area contributed by atoms with E-state index in [1.165, 1.54) is 0 Å². The monoisotopic (exact) mass is 348 g/mol. The van der Waals surface area contributed by atoms with Gasteiger partial charge in [0, 0.05) is 15.9 Å². The summed E-state index contributed by atoms with van der Waals surface area (Å²) in [5, 5.41) is 12.4. The Bertz CT molecular complexity index is 684. The van der Waals surface area contributed by atoms with Gasteiger partial charge >= 0.3 is 5.97 Å². The second-order valence-electron chi connectivity index (χ2n) is 5.16. The topological polar surface area (TPSA) is 62.2 Å². The molecule has 0 amide bonds. The summed E-state index contributed by atoms with van der Waals surface area (Å²) in [6.07, 6.45) is 0. The number of carboxylic acids is 1. The van der Waals surface area contributed by atoms with Crippen molar-refractivity contribution >= 4 is 33.4 Å².